The fourth-order valence-electron chi connectivity index (χ4n) is 3.63. The van der Waals surface area contributed by atoms with E-state index in [9.17, 15) is 13.2 Å². The summed E-state index contributed by atoms with van der Waals surface area (Å²) in [5.41, 5.74) is 0.982. The molecule has 1 aromatic carbocycles. The van der Waals surface area contributed by atoms with Gasteiger partial charge in [0, 0.05) is 32.1 Å². The normalized spacial score (nSPS) is 23.6. The molecule has 0 saturated carbocycles. The molecular weight excluding hydrogens is 386 g/mol. The average molecular weight is 416 g/mol. The second-order valence-corrected chi connectivity index (χ2v) is 9.34. The molecule has 0 bridgehead atoms. The van der Waals surface area contributed by atoms with Crippen LogP contribution in [0.5, 0.6) is 0 Å². The van der Waals surface area contributed by atoms with Crippen molar-refractivity contribution in [2.75, 3.05) is 26.2 Å². The third-order valence-corrected chi connectivity index (χ3v) is 7.35. The summed E-state index contributed by atoms with van der Waals surface area (Å²) in [7, 11) is -3.36. The van der Waals surface area contributed by atoms with E-state index in [0.29, 0.717) is 36.7 Å². The quantitative estimate of drug-likeness (QED) is 0.744. The first-order valence-corrected chi connectivity index (χ1v) is 11.0. The Labute approximate surface area is 168 Å². The van der Waals surface area contributed by atoms with Gasteiger partial charge in [0.25, 0.3) is 0 Å². The summed E-state index contributed by atoms with van der Waals surface area (Å²) in [6.07, 6.45) is 3.98. The van der Waals surface area contributed by atoms with Gasteiger partial charge in [-0.05, 0) is 55.8 Å². The molecule has 2 saturated heterocycles. The first-order chi connectivity index (χ1) is 12.5. The number of rotatable bonds is 6. The Morgan fingerprint density at radius 3 is 2.52 bits per heavy atom. The van der Waals surface area contributed by atoms with Crippen LogP contribution < -0.4 is 10.6 Å². The van der Waals surface area contributed by atoms with E-state index in [2.05, 4.69) is 17.6 Å². The molecule has 152 valence electrons. The van der Waals surface area contributed by atoms with Crippen molar-refractivity contribution in [1.82, 2.24) is 14.9 Å². The van der Waals surface area contributed by atoms with Crippen molar-refractivity contribution >= 4 is 28.3 Å². The van der Waals surface area contributed by atoms with Crippen LogP contribution in [0, 0.1) is 5.92 Å². The maximum absolute atomic E-state index is 12.5. The SMILES string of the molecule is CC1CCNCC1NC(=O)CCc1ccc(S(=O)(=O)N2CCCC2)cc1.Cl. The van der Waals surface area contributed by atoms with Crippen molar-refractivity contribution < 1.29 is 13.2 Å². The molecule has 2 unspecified atom stereocenters. The van der Waals surface area contributed by atoms with Gasteiger partial charge in [-0.1, -0.05) is 19.1 Å². The topological polar surface area (TPSA) is 78.5 Å². The van der Waals surface area contributed by atoms with Crippen molar-refractivity contribution in [1.29, 1.82) is 0 Å². The Bertz CT molecular complexity index is 718. The number of nitrogens with zero attached hydrogens (tertiary/aromatic N) is 1. The predicted molar refractivity (Wildman–Crippen MR) is 109 cm³/mol. The second-order valence-electron chi connectivity index (χ2n) is 7.40. The van der Waals surface area contributed by atoms with Gasteiger partial charge >= 0.3 is 0 Å². The number of aryl methyl sites for hydroxylation is 1. The van der Waals surface area contributed by atoms with E-state index in [0.717, 1.165) is 37.9 Å². The number of halogens is 1. The van der Waals surface area contributed by atoms with Crippen molar-refractivity contribution in [3.05, 3.63) is 29.8 Å². The second kappa shape index (κ2) is 9.87. The lowest BCUT2D eigenvalue weighted by atomic mass is 9.94. The first-order valence-electron chi connectivity index (χ1n) is 9.56. The van der Waals surface area contributed by atoms with Crippen LogP contribution in [0.25, 0.3) is 0 Å². The number of carbonyl (C=O) groups is 1. The van der Waals surface area contributed by atoms with Crippen molar-refractivity contribution in [2.24, 2.45) is 5.92 Å². The van der Waals surface area contributed by atoms with E-state index >= 15 is 0 Å². The highest BCUT2D eigenvalue weighted by Gasteiger charge is 2.27. The fraction of sp³-hybridized carbons (Fsp3) is 0.632. The van der Waals surface area contributed by atoms with Crippen LogP contribution in [0.3, 0.4) is 0 Å². The number of benzene rings is 1. The predicted octanol–water partition coefficient (Wildman–Crippen LogP) is 1.94. The van der Waals surface area contributed by atoms with Crippen LogP contribution in [-0.4, -0.2) is 50.9 Å². The third-order valence-electron chi connectivity index (χ3n) is 5.44. The molecule has 1 amide bonds. The van der Waals surface area contributed by atoms with Crippen molar-refractivity contribution in [3.63, 3.8) is 0 Å². The average Bonchev–Trinajstić information content (AvgIpc) is 3.18. The number of nitrogens with one attached hydrogen (secondary N) is 2. The summed E-state index contributed by atoms with van der Waals surface area (Å²) in [6.45, 7) is 5.24. The summed E-state index contributed by atoms with van der Waals surface area (Å²) in [5.74, 6) is 0.551. The Hall–Kier alpha value is -1.15. The molecule has 1 aromatic rings. The maximum atomic E-state index is 12.5. The minimum Gasteiger partial charge on any atom is -0.352 e. The molecule has 0 spiro atoms. The van der Waals surface area contributed by atoms with E-state index in [1.54, 1.807) is 16.4 Å². The number of carbonyl (C=O) groups excluding carboxylic acids is 1. The number of hydrogen-bond acceptors (Lipinski definition) is 4. The van der Waals surface area contributed by atoms with Gasteiger partial charge in [0.1, 0.15) is 0 Å². The summed E-state index contributed by atoms with van der Waals surface area (Å²) in [4.78, 5) is 12.5. The number of hydrogen-bond donors (Lipinski definition) is 2. The van der Waals surface area contributed by atoms with Crippen LogP contribution in [0.15, 0.2) is 29.2 Å². The van der Waals surface area contributed by atoms with Gasteiger partial charge in [0.05, 0.1) is 4.90 Å². The molecule has 27 heavy (non-hydrogen) atoms. The molecule has 2 N–H and O–H groups in total. The van der Waals surface area contributed by atoms with Crippen molar-refractivity contribution in [2.45, 2.75) is 50.0 Å². The minimum atomic E-state index is -3.36. The lowest BCUT2D eigenvalue weighted by Crippen LogP contribution is -2.50. The number of sulfonamides is 1. The van der Waals surface area contributed by atoms with Crippen LogP contribution in [0.4, 0.5) is 0 Å². The molecule has 0 radical (unpaired) electrons. The summed E-state index contributed by atoms with van der Waals surface area (Å²) >= 11 is 0. The van der Waals surface area contributed by atoms with E-state index in [1.807, 2.05) is 12.1 Å². The monoisotopic (exact) mass is 415 g/mol. The Kier molecular flexibility index (Phi) is 8.09. The van der Waals surface area contributed by atoms with Gasteiger partial charge in [-0.25, -0.2) is 8.42 Å². The molecule has 2 heterocycles. The zero-order chi connectivity index (χ0) is 18.6. The molecule has 8 heteroatoms. The van der Waals surface area contributed by atoms with Gasteiger partial charge in [0.2, 0.25) is 15.9 Å². The highest BCUT2D eigenvalue weighted by molar-refractivity contribution is 7.89. The van der Waals surface area contributed by atoms with Crippen LogP contribution in [0.2, 0.25) is 0 Å². The van der Waals surface area contributed by atoms with Gasteiger partial charge in [-0.2, -0.15) is 4.31 Å². The molecule has 2 atom stereocenters. The highest BCUT2D eigenvalue weighted by Crippen LogP contribution is 2.21. The van der Waals surface area contributed by atoms with Crippen molar-refractivity contribution in [3.8, 4) is 0 Å². The van der Waals surface area contributed by atoms with Gasteiger partial charge in [-0.15, -0.1) is 12.4 Å². The van der Waals surface area contributed by atoms with Crippen LogP contribution >= 0.6 is 12.4 Å². The van der Waals surface area contributed by atoms with Crippen LogP contribution in [-0.2, 0) is 21.2 Å². The number of piperidine rings is 1. The number of amides is 1. The lowest BCUT2D eigenvalue weighted by Gasteiger charge is -2.30. The zero-order valence-electron chi connectivity index (χ0n) is 15.8. The molecule has 6 nitrogen and oxygen atoms in total. The zero-order valence-corrected chi connectivity index (χ0v) is 17.4. The molecule has 3 rings (SSSR count). The fourth-order valence-corrected chi connectivity index (χ4v) is 5.14. The molecule has 0 aromatic heterocycles. The molecule has 0 aliphatic carbocycles. The van der Waals surface area contributed by atoms with E-state index in [4.69, 9.17) is 0 Å². The standard InChI is InChI=1S/C19H29N3O3S.ClH/c1-15-10-11-20-14-18(15)21-19(23)9-6-16-4-7-17(8-5-16)26(24,25)22-12-2-3-13-22;/h4-5,7-8,15,18,20H,2-3,6,9-14H2,1H3,(H,21,23);1H. The van der Waals surface area contributed by atoms with E-state index < -0.39 is 10.0 Å². The molecular formula is C19H30ClN3O3S. The first kappa shape index (κ1) is 22.1. The Morgan fingerprint density at radius 2 is 1.89 bits per heavy atom. The smallest absolute Gasteiger partial charge is 0.243 e. The van der Waals surface area contributed by atoms with Gasteiger partial charge in [-0.3, -0.25) is 4.79 Å². The third kappa shape index (κ3) is 5.67. The minimum absolute atomic E-state index is 0. The molecule has 2 aliphatic rings. The summed E-state index contributed by atoms with van der Waals surface area (Å²) in [5, 5.41) is 6.42. The molecule has 2 aliphatic heterocycles. The van der Waals surface area contributed by atoms with Gasteiger partial charge in [0.15, 0.2) is 0 Å². The summed E-state index contributed by atoms with van der Waals surface area (Å²) < 4.78 is 26.6. The van der Waals surface area contributed by atoms with Crippen LogP contribution in [0.1, 0.15) is 38.2 Å². The Morgan fingerprint density at radius 1 is 1.22 bits per heavy atom. The summed E-state index contributed by atoms with van der Waals surface area (Å²) in [6, 6.07) is 7.16. The largest absolute Gasteiger partial charge is 0.352 e. The lowest BCUT2D eigenvalue weighted by molar-refractivity contribution is -0.122. The van der Waals surface area contributed by atoms with Gasteiger partial charge < -0.3 is 10.6 Å². The van der Waals surface area contributed by atoms with E-state index in [1.165, 1.54) is 0 Å². The van der Waals surface area contributed by atoms with E-state index in [-0.39, 0.29) is 24.4 Å². The molecule has 2 fully saturated rings. The Balaban J connectivity index is 0.00000261. The highest BCUT2D eigenvalue weighted by atomic mass is 35.5. The maximum Gasteiger partial charge on any atom is 0.243 e.